The lowest BCUT2D eigenvalue weighted by Gasteiger charge is -2.06. The lowest BCUT2D eigenvalue weighted by Crippen LogP contribution is -2.11. The highest BCUT2D eigenvalue weighted by molar-refractivity contribution is 7.91. The number of benzene rings is 2. The van der Waals surface area contributed by atoms with Crippen molar-refractivity contribution in [2.75, 3.05) is 25.6 Å². The van der Waals surface area contributed by atoms with Gasteiger partial charge in [-0.1, -0.05) is 41.4 Å². The normalized spacial score (nSPS) is 11.5. The van der Waals surface area contributed by atoms with Crippen molar-refractivity contribution in [1.82, 2.24) is 4.98 Å². The zero-order valence-corrected chi connectivity index (χ0v) is 16.5. The predicted molar refractivity (Wildman–Crippen MR) is 104 cm³/mol. The summed E-state index contributed by atoms with van der Waals surface area (Å²) in [4.78, 5) is 4.39. The van der Waals surface area contributed by atoms with Gasteiger partial charge in [0.15, 0.2) is 0 Å². The Morgan fingerprint density at radius 1 is 1.15 bits per heavy atom. The van der Waals surface area contributed by atoms with Gasteiger partial charge in [0.05, 0.1) is 22.1 Å². The number of ether oxygens (including phenoxy) is 1. The van der Waals surface area contributed by atoms with Crippen molar-refractivity contribution in [3.8, 4) is 11.5 Å². The topological polar surface area (TPSA) is 81.4 Å². The minimum absolute atomic E-state index is 0.0579. The fourth-order valence-corrected chi connectivity index (χ4v) is 3.94. The molecule has 3 rings (SSSR count). The Bertz CT molecular complexity index is 1030. The van der Waals surface area contributed by atoms with Gasteiger partial charge in [0, 0.05) is 13.7 Å². The number of halogens is 1. The van der Waals surface area contributed by atoms with Crippen LogP contribution >= 0.6 is 11.6 Å². The molecule has 0 amide bonds. The SMILES string of the molecule is COCCNc1oc(-c2ccccc2Cl)nc1S(=O)(=O)c1ccc(C)cc1. The molecule has 8 heteroatoms. The lowest BCUT2D eigenvalue weighted by atomic mass is 10.2. The molecule has 0 aliphatic rings. The van der Waals surface area contributed by atoms with E-state index in [1.54, 1.807) is 55.6 Å². The molecule has 0 bridgehead atoms. The third-order valence-corrected chi connectivity index (χ3v) is 5.89. The molecule has 0 saturated heterocycles. The molecule has 0 aliphatic carbocycles. The minimum Gasteiger partial charge on any atom is -0.419 e. The van der Waals surface area contributed by atoms with Gasteiger partial charge in [0.1, 0.15) is 0 Å². The van der Waals surface area contributed by atoms with E-state index in [9.17, 15) is 8.42 Å². The van der Waals surface area contributed by atoms with Crippen molar-refractivity contribution in [2.45, 2.75) is 16.8 Å². The second-order valence-electron chi connectivity index (χ2n) is 5.87. The summed E-state index contributed by atoms with van der Waals surface area (Å²) in [6, 6.07) is 13.5. The van der Waals surface area contributed by atoms with Gasteiger partial charge in [-0.2, -0.15) is 4.98 Å². The van der Waals surface area contributed by atoms with Gasteiger partial charge in [0.25, 0.3) is 0 Å². The number of nitrogens with one attached hydrogen (secondary N) is 1. The van der Waals surface area contributed by atoms with E-state index in [1.807, 2.05) is 6.92 Å². The first kappa shape index (κ1) is 19.4. The third kappa shape index (κ3) is 4.16. The summed E-state index contributed by atoms with van der Waals surface area (Å²) in [5.74, 6) is 0.189. The Labute approximate surface area is 163 Å². The maximum Gasteiger partial charge on any atom is 0.233 e. The highest BCUT2D eigenvalue weighted by Crippen LogP contribution is 2.34. The zero-order chi connectivity index (χ0) is 19.4. The molecule has 0 atom stereocenters. The van der Waals surface area contributed by atoms with E-state index in [2.05, 4.69) is 10.3 Å². The molecular weight excluding hydrogens is 388 g/mol. The first-order valence-electron chi connectivity index (χ1n) is 8.24. The molecule has 3 aromatic rings. The largest absolute Gasteiger partial charge is 0.419 e. The van der Waals surface area contributed by atoms with Crippen molar-refractivity contribution >= 4 is 27.3 Å². The van der Waals surface area contributed by atoms with Crippen LogP contribution in [0.3, 0.4) is 0 Å². The molecule has 1 heterocycles. The summed E-state index contributed by atoms with van der Waals surface area (Å²) in [7, 11) is -2.32. The van der Waals surface area contributed by atoms with Crippen LogP contribution in [-0.4, -0.2) is 33.7 Å². The molecule has 0 saturated carbocycles. The van der Waals surface area contributed by atoms with Crippen LogP contribution in [0.4, 0.5) is 5.88 Å². The summed E-state index contributed by atoms with van der Waals surface area (Å²) in [5, 5.41) is 3.17. The van der Waals surface area contributed by atoms with Crippen LogP contribution in [0.5, 0.6) is 0 Å². The Morgan fingerprint density at radius 2 is 1.85 bits per heavy atom. The maximum absolute atomic E-state index is 13.1. The predicted octanol–water partition coefficient (Wildman–Crippen LogP) is 4.19. The van der Waals surface area contributed by atoms with Gasteiger partial charge < -0.3 is 14.5 Å². The van der Waals surface area contributed by atoms with Gasteiger partial charge in [-0.15, -0.1) is 0 Å². The van der Waals surface area contributed by atoms with Crippen molar-refractivity contribution in [3.05, 3.63) is 59.1 Å². The first-order valence-corrected chi connectivity index (χ1v) is 10.1. The molecule has 0 spiro atoms. The number of nitrogens with zero attached hydrogens (tertiary/aromatic N) is 1. The lowest BCUT2D eigenvalue weighted by molar-refractivity contribution is 0.210. The van der Waals surface area contributed by atoms with Gasteiger partial charge in [0.2, 0.25) is 26.6 Å². The molecule has 0 fully saturated rings. The van der Waals surface area contributed by atoms with Crippen LogP contribution in [0, 0.1) is 6.92 Å². The summed E-state index contributed by atoms with van der Waals surface area (Å²) in [6.07, 6.45) is 0. The fraction of sp³-hybridized carbons (Fsp3) is 0.211. The summed E-state index contributed by atoms with van der Waals surface area (Å²) in [5.41, 5.74) is 1.48. The number of rotatable bonds is 7. The molecular formula is C19H19ClN2O4S. The van der Waals surface area contributed by atoms with Crippen molar-refractivity contribution in [2.24, 2.45) is 0 Å². The van der Waals surface area contributed by atoms with E-state index in [0.29, 0.717) is 23.7 Å². The van der Waals surface area contributed by atoms with Gasteiger partial charge in [-0.05, 0) is 31.2 Å². The van der Waals surface area contributed by atoms with Crippen molar-refractivity contribution < 1.29 is 17.6 Å². The number of anilines is 1. The maximum atomic E-state index is 13.1. The van der Waals surface area contributed by atoms with E-state index in [0.717, 1.165) is 5.56 Å². The van der Waals surface area contributed by atoms with E-state index in [-0.39, 0.29) is 21.7 Å². The van der Waals surface area contributed by atoms with Crippen molar-refractivity contribution in [1.29, 1.82) is 0 Å². The smallest absolute Gasteiger partial charge is 0.233 e. The van der Waals surface area contributed by atoms with Crippen LogP contribution in [-0.2, 0) is 14.6 Å². The highest BCUT2D eigenvalue weighted by atomic mass is 35.5. The summed E-state index contributed by atoms with van der Waals surface area (Å²) in [6.45, 7) is 2.63. The number of aryl methyl sites for hydroxylation is 1. The number of hydrogen-bond acceptors (Lipinski definition) is 6. The minimum atomic E-state index is -3.87. The molecule has 1 N–H and O–H groups in total. The van der Waals surface area contributed by atoms with Gasteiger partial charge in [-0.3, -0.25) is 0 Å². The first-order chi connectivity index (χ1) is 12.9. The molecule has 6 nitrogen and oxygen atoms in total. The molecule has 142 valence electrons. The molecule has 0 radical (unpaired) electrons. The Morgan fingerprint density at radius 3 is 2.52 bits per heavy atom. The summed E-state index contributed by atoms with van der Waals surface area (Å²) < 4.78 is 36.9. The van der Waals surface area contributed by atoms with E-state index in [1.165, 1.54) is 0 Å². The average Bonchev–Trinajstić information content (AvgIpc) is 3.07. The van der Waals surface area contributed by atoms with Crippen LogP contribution in [0.25, 0.3) is 11.5 Å². The van der Waals surface area contributed by atoms with Crippen LogP contribution in [0.1, 0.15) is 5.56 Å². The molecule has 1 aromatic heterocycles. The van der Waals surface area contributed by atoms with Crippen LogP contribution < -0.4 is 5.32 Å². The molecule has 2 aromatic carbocycles. The van der Waals surface area contributed by atoms with Crippen LogP contribution in [0.2, 0.25) is 5.02 Å². The Balaban J connectivity index is 2.09. The molecule has 0 unspecified atom stereocenters. The molecule has 0 aliphatic heterocycles. The average molecular weight is 407 g/mol. The highest BCUT2D eigenvalue weighted by Gasteiger charge is 2.28. The van der Waals surface area contributed by atoms with E-state index in [4.69, 9.17) is 20.8 Å². The quantitative estimate of drug-likeness (QED) is 0.592. The molecule has 27 heavy (non-hydrogen) atoms. The van der Waals surface area contributed by atoms with Gasteiger partial charge >= 0.3 is 0 Å². The Kier molecular flexibility index (Phi) is 5.84. The number of oxazole rings is 1. The summed E-state index contributed by atoms with van der Waals surface area (Å²) >= 11 is 6.21. The third-order valence-electron chi connectivity index (χ3n) is 3.88. The standard InChI is InChI=1S/C19H19ClN2O4S/c1-13-7-9-14(10-8-13)27(23,24)19-18(21-11-12-25-2)26-17(22-19)15-5-3-4-6-16(15)20/h3-10,21H,11-12H2,1-2H3. The second kappa shape index (κ2) is 8.12. The fourth-order valence-electron chi connectivity index (χ4n) is 2.45. The number of hydrogen-bond donors (Lipinski definition) is 1. The number of sulfone groups is 1. The number of methoxy groups -OCH3 is 1. The van der Waals surface area contributed by atoms with Crippen LogP contribution in [0.15, 0.2) is 62.9 Å². The van der Waals surface area contributed by atoms with E-state index >= 15 is 0 Å². The second-order valence-corrected chi connectivity index (χ2v) is 8.14. The van der Waals surface area contributed by atoms with Gasteiger partial charge in [-0.25, -0.2) is 8.42 Å². The monoisotopic (exact) mass is 406 g/mol. The van der Waals surface area contributed by atoms with Crippen molar-refractivity contribution in [3.63, 3.8) is 0 Å². The zero-order valence-electron chi connectivity index (χ0n) is 14.9. The number of aromatic nitrogens is 1. The Hall–Kier alpha value is -2.35. The van der Waals surface area contributed by atoms with E-state index < -0.39 is 9.84 Å².